The van der Waals surface area contributed by atoms with Crippen LogP contribution in [0.15, 0.2) is 0 Å². The molecular formula is C24H36Cl2O3. The second-order valence-corrected chi connectivity index (χ2v) is 12.4. The number of carbonyl (C=O) groups is 2. The molecule has 0 aromatic rings. The van der Waals surface area contributed by atoms with E-state index in [1.165, 1.54) is 6.92 Å². The first-order valence-corrected chi connectivity index (χ1v) is 12.3. The summed E-state index contributed by atoms with van der Waals surface area (Å²) in [5.74, 6) is 2.37. The lowest BCUT2D eigenvalue weighted by atomic mass is 9.44. The van der Waals surface area contributed by atoms with Gasteiger partial charge in [0.15, 0.2) is 0 Å². The maximum atomic E-state index is 12.5. The maximum Gasteiger partial charge on any atom is 0.302 e. The Hall–Kier alpha value is -0.280. The van der Waals surface area contributed by atoms with E-state index in [9.17, 15) is 9.59 Å². The quantitative estimate of drug-likeness (QED) is 0.389. The van der Waals surface area contributed by atoms with Gasteiger partial charge in [-0.1, -0.05) is 20.8 Å². The monoisotopic (exact) mass is 442 g/mol. The van der Waals surface area contributed by atoms with Crippen LogP contribution in [0.1, 0.15) is 79.6 Å². The number of esters is 1. The van der Waals surface area contributed by atoms with Crippen molar-refractivity contribution < 1.29 is 14.3 Å². The predicted molar refractivity (Wildman–Crippen MR) is 116 cm³/mol. The highest BCUT2D eigenvalue weighted by molar-refractivity contribution is 6.33. The third-order valence-corrected chi connectivity index (χ3v) is 11.3. The summed E-state index contributed by atoms with van der Waals surface area (Å²) in [7, 11) is 0. The summed E-state index contributed by atoms with van der Waals surface area (Å²) in [6, 6.07) is 0. The normalized spacial score (nSPS) is 54.1. The van der Waals surface area contributed by atoms with E-state index in [4.69, 9.17) is 27.9 Å². The largest absolute Gasteiger partial charge is 0.462 e. The molecule has 4 aliphatic rings. The molecule has 0 aromatic heterocycles. The van der Waals surface area contributed by atoms with E-state index in [0.717, 1.165) is 38.5 Å². The average Bonchev–Trinajstić information content (AvgIpc) is 2.87. The van der Waals surface area contributed by atoms with Gasteiger partial charge < -0.3 is 4.74 Å². The molecule has 29 heavy (non-hydrogen) atoms. The molecule has 0 saturated heterocycles. The number of carbonyl (C=O) groups excluding carboxylic acids is 2. The van der Waals surface area contributed by atoms with Crippen molar-refractivity contribution in [1.82, 2.24) is 0 Å². The highest BCUT2D eigenvalue weighted by Gasteiger charge is 2.68. The highest BCUT2D eigenvalue weighted by Crippen LogP contribution is 2.71. The van der Waals surface area contributed by atoms with Gasteiger partial charge in [-0.2, -0.15) is 0 Å². The molecule has 4 aliphatic carbocycles. The molecule has 0 aromatic carbocycles. The van der Waals surface area contributed by atoms with E-state index < -0.39 is 4.87 Å². The molecule has 4 rings (SSSR count). The lowest BCUT2D eigenvalue weighted by Crippen LogP contribution is -2.65. The summed E-state index contributed by atoms with van der Waals surface area (Å²) in [6.07, 6.45) is 6.62. The van der Waals surface area contributed by atoms with Gasteiger partial charge in [-0.25, -0.2) is 0 Å². The molecule has 164 valence electrons. The number of ether oxygens (including phenoxy) is 1. The topological polar surface area (TPSA) is 43.4 Å². The molecule has 0 heterocycles. The highest BCUT2D eigenvalue weighted by atomic mass is 35.5. The van der Waals surface area contributed by atoms with Crippen molar-refractivity contribution in [1.29, 1.82) is 0 Å². The van der Waals surface area contributed by atoms with Gasteiger partial charge >= 0.3 is 5.97 Å². The van der Waals surface area contributed by atoms with Gasteiger partial charge in [-0.3, -0.25) is 9.59 Å². The molecule has 5 heteroatoms. The Morgan fingerprint density at radius 2 is 1.72 bits per heavy atom. The fraction of sp³-hybridized carbons (Fsp3) is 0.917. The van der Waals surface area contributed by atoms with Gasteiger partial charge in [-0.15, -0.1) is 23.2 Å². The van der Waals surface area contributed by atoms with E-state index in [0.29, 0.717) is 35.9 Å². The Labute approximate surface area is 185 Å². The summed E-state index contributed by atoms with van der Waals surface area (Å²) in [5.41, 5.74) is 0.0417. The lowest BCUT2D eigenvalue weighted by molar-refractivity contribution is -0.157. The molecule has 3 nitrogen and oxygen atoms in total. The molecule has 0 unspecified atom stereocenters. The summed E-state index contributed by atoms with van der Waals surface area (Å²) in [5, 5.41) is -0.136. The standard InChI is InChI=1S/C24H36Cl2O3/c1-13-10-19-17-11-20(25)24(26)12-16(29-15(3)28)6-9-23(24,5)18(17)7-8-22(19,4)21(13)14(2)27/h13,16-21H,6-12H2,1-5H3/t13-,16+,17-,18+,19+,20-,21+,22-,23+,24-/m0/s1. The van der Waals surface area contributed by atoms with E-state index in [1.807, 2.05) is 0 Å². The fourth-order valence-corrected chi connectivity index (χ4v) is 9.75. The van der Waals surface area contributed by atoms with Crippen LogP contribution < -0.4 is 0 Å². The van der Waals surface area contributed by atoms with Crippen LogP contribution in [0.5, 0.6) is 0 Å². The van der Waals surface area contributed by atoms with Crippen molar-refractivity contribution in [2.75, 3.05) is 0 Å². The van der Waals surface area contributed by atoms with E-state index in [-0.39, 0.29) is 34.2 Å². The minimum atomic E-state index is -0.536. The molecule has 4 saturated carbocycles. The number of hydrogen-bond donors (Lipinski definition) is 0. The third-order valence-electron chi connectivity index (χ3n) is 9.80. The minimum Gasteiger partial charge on any atom is -0.462 e. The first-order chi connectivity index (χ1) is 13.4. The van der Waals surface area contributed by atoms with Gasteiger partial charge in [-0.05, 0) is 80.0 Å². The number of halogens is 2. The summed E-state index contributed by atoms with van der Waals surface area (Å²) >= 11 is 14.4. The summed E-state index contributed by atoms with van der Waals surface area (Å²) < 4.78 is 5.56. The zero-order valence-electron chi connectivity index (χ0n) is 18.5. The Bertz CT molecular complexity index is 710. The van der Waals surface area contributed by atoms with Crippen molar-refractivity contribution in [3.05, 3.63) is 0 Å². The zero-order chi connectivity index (χ0) is 21.4. The second kappa shape index (κ2) is 7.12. The Morgan fingerprint density at radius 3 is 2.34 bits per heavy atom. The van der Waals surface area contributed by atoms with Crippen LogP contribution in [0, 0.1) is 40.4 Å². The molecule has 0 bridgehead atoms. The predicted octanol–water partition coefficient (Wildman–Crippen LogP) is 5.99. The van der Waals surface area contributed by atoms with Gasteiger partial charge in [0.2, 0.25) is 0 Å². The first-order valence-electron chi connectivity index (χ1n) is 11.4. The van der Waals surface area contributed by atoms with Crippen molar-refractivity contribution in [2.45, 2.75) is 95.9 Å². The van der Waals surface area contributed by atoms with Crippen LogP contribution in [0.3, 0.4) is 0 Å². The SMILES string of the molecule is CC(=O)O[C@@H]1CC[C@]2(C)[C@@H]3CC[C@@]4(C)[C@H](C[C@H](C)[C@@H]4C(C)=O)[C@H]3C[C@H](Cl)[C@@]2(Cl)C1. The lowest BCUT2D eigenvalue weighted by Gasteiger charge is -2.65. The van der Waals surface area contributed by atoms with Crippen LogP contribution in [0.25, 0.3) is 0 Å². The smallest absolute Gasteiger partial charge is 0.302 e. The number of alkyl halides is 2. The number of ketones is 1. The molecular weight excluding hydrogens is 407 g/mol. The molecule has 0 aliphatic heterocycles. The van der Waals surface area contributed by atoms with Crippen LogP contribution >= 0.6 is 23.2 Å². The Kier molecular flexibility index (Phi) is 5.39. The molecule has 10 atom stereocenters. The molecule has 4 fully saturated rings. The second-order valence-electron chi connectivity index (χ2n) is 11.2. The van der Waals surface area contributed by atoms with Gasteiger partial charge in [0, 0.05) is 19.3 Å². The molecule has 0 spiro atoms. The summed E-state index contributed by atoms with van der Waals surface area (Å²) in [6.45, 7) is 10.2. The van der Waals surface area contributed by atoms with Crippen LogP contribution in [-0.2, 0) is 14.3 Å². The van der Waals surface area contributed by atoms with Crippen molar-refractivity contribution in [3.8, 4) is 0 Å². The number of fused-ring (bicyclic) bond motifs is 5. The number of hydrogen-bond acceptors (Lipinski definition) is 3. The first kappa shape index (κ1) is 21.9. The molecule has 0 amide bonds. The van der Waals surface area contributed by atoms with Crippen molar-refractivity contribution in [3.63, 3.8) is 0 Å². The van der Waals surface area contributed by atoms with Crippen molar-refractivity contribution in [2.24, 2.45) is 40.4 Å². The van der Waals surface area contributed by atoms with E-state index >= 15 is 0 Å². The molecule has 0 radical (unpaired) electrons. The number of rotatable bonds is 2. The Morgan fingerprint density at radius 1 is 1.03 bits per heavy atom. The zero-order valence-corrected chi connectivity index (χ0v) is 20.0. The summed E-state index contributed by atoms with van der Waals surface area (Å²) in [4.78, 5) is 23.5. The van der Waals surface area contributed by atoms with Gasteiger partial charge in [0.25, 0.3) is 0 Å². The minimum absolute atomic E-state index is 0.0561. The van der Waals surface area contributed by atoms with Gasteiger partial charge in [0.1, 0.15) is 11.9 Å². The van der Waals surface area contributed by atoms with Crippen molar-refractivity contribution >= 4 is 35.0 Å². The van der Waals surface area contributed by atoms with Gasteiger partial charge in [0.05, 0.1) is 10.3 Å². The third kappa shape index (κ3) is 3.04. The van der Waals surface area contributed by atoms with Crippen LogP contribution in [0.4, 0.5) is 0 Å². The van der Waals surface area contributed by atoms with E-state index in [1.54, 1.807) is 6.92 Å². The maximum absolute atomic E-state index is 12.5. The average molecular weight is 443 g/mol. The van der Waals surface area contributed by atoms with E-state index in [2.05, 4.69) is 20.8 Å². The molecule has 0 N–H and O–H groups in total. The van der Waals surface area contributed by atoms with Crippen LogP contribution in [0.2, 0.25) is 0 Å². The Balaban J connectivity index is 1.65. The fourth-order valence-electron chi connectivity index (χ4n) is 8.71. The van der Waals surface area contributed by atoms with Crippen LogP contribution in [-0.4, -0.2) is 28.1 Å². The number of Topliss-reactive ketones (excluding diaryl/α,β-unsaturated/α-hetero) is 1.